The van der Waals surface area contributed by atoms with Gasteiger partial charge in [0, 0.05) is 0 Å². The summed E-state index contributed by atoms with van der Waals surface area (Å²) in [6.07, 6.45) is 0. The second kappa shape index (κ2) is 5.98. The molecule has 0 aromatic heterocycles. The average molecular weight is 299 g/mol. The summed E-state index contributed by atoms with van der Waals surface area (Å²) < 4.78 is 6.08. The minimum atomic E-state index is -1.53. The van der Waals surface area contributed by atoms with Crippen LogP contribution in [0.15, 0.2) is 42.5 Å². The quantitative estimate of drug-likeness (QED) is 0.788. The topological polar surface area (TPSA) is 9.23 Å². The van der Waals surface area contributed by atoms with E-state index >= 15 is 0 Å². The van der Waals surface area contributed by atoms with Gasteiger partial charge in [0.2, 0.25) is 8.32 Å². The van der Waals surface area contributed by atoms with Gasteiger partial charge in [0.05, 0.1) is 0 Å². The van der Waals surface area contributed by atoms with Gasteiger partial charge in [-0.3, -0.25) is 0 Å². The fraction of sp³-hybridized carbons (Fsp3) is 0.294. The Bertz CT molecular complexity index is 600. The Hall–Kier alpha value is -1.33. The van der Waals surface area contributed by atoms with Crippen LogP contribution in [-0.2, 0) is 0 Å². The van der Waals surface area contributed by atoms with Crippen molar-refractivity contribution in [2.75, 3.05) is 0 Å². The van der Waals surface area contributed by atoms with Crippen molar-refractivity contribution < 1.29 is 4.43 Å². The molecule has 2 aromatic carbocycles. The minimum absolute atomic E-state index is 0.690. The second-order valence-electron chi connectivity index (χ2n) is 6.11. The van der Waals surface area contributed by atoms with Crippen LogP contribution in [0.3, 0.4) is 0 Å². The molecule has 2 rings (SSSR count). The van der Waals surface area contributed by atoms with Crippen LogP contribution in [0, 0.1) is 13.8 Å². The molecule has 0 saturated carbocycles. The third-order valence-corrected chi connectivity index (χ3v) is 5.40. The van der Waals surface area contributed by atoms with Crippen LogP contribution in [0.1, 0.15) is 11.1 Å². The third-order valence-electron chi connectivity index (χ3n) is 3.14. The third kappa shape index (κ3) is 4.08. The highest BCUT2D eigenvalue weighted by Gasteiger charge is 2.16. The van der Waals surface area contributed by atoms with Crippen LogP contribution in [0.4, 0.5) is 0 Å². The molecule has 2 radical (unpaired) electrons. The summed E-state index contributed by atoms with van der Waals surface area (Å²) in [6.45, 7) is 11.0. The molecule has 0 saturated heterocycles. The molecule has 0 unspecified atom stereocenters. The maximum atomic E-state index is 6.08. The highest BCUT2D eigenvalue weighted by molar-refractivity contribution is 6.70. The Morgan fingerprint density at radius 3 is 2.35 bits per heavy atom. The van der Waals surface area contributed by atoms with Crippen molar-refractivity contribution in [3.63, 3.8) is 0 Å². The standard InChI is InChI=1S/C17H22OSi2/c1-13-8-6-11-17(14(13)2)19-16-10-7-9-15(12-16)18-20(3,4)5/h6-12H,1-5H3. The first-order valence-corrected chi connectivity index (χ1v) is 11.4. The molecule has 0 atom stereocenters. The van der Waals surface area contributed by atoms with Crippen molar-refractivity contribution in [2.24, 2.45) is 0 Å². The first-order chi connectivity index (χ1) is 9.35. The normalized spacial score (nSPS) is 11.4. The predicted molar refractivity (Wildman–Crippen MR) is 91.4 cm³/mol. The molecule has 0 heterocycles. The van der Waals surface area contributed by atoms with Gasteiger partial charge in [-0.2, -0.15) is 0 Å². The molecule has 0 aliphatic rings. The van der Waals surface area contributed by atoms with Crippen molar-refractivity contribution in [1.29, 1.82) is 0 Å². The molecule has 0 aliphatic carbocycles. The fourth-order valence-electron chi connectivity index (χ4n) is 2.03. The van der Waals surface area contributed by atoms with Gasteiger partial charge in [0.25, 0.3) is 0 Å². The Labute approximate surface area is 126 Å². The Morgan fingerprint density at radius 2 is 1.65 bits per heavy atom. The summed E-state index contributed by atoms with van der Waals surface area (Å²) >= 11 is 0. The molecule has 2 aromatic rings. The molecule has 0 N–H and O–H groups in total. The van der Waals surface area contributed by atoms with Crippen molar-refractivity contribution in [3.8, 4) is 5.75 Å². The first-order valence-electron chi connectivity index (χ1n) is 6.97. The van der Waals surface area contributed by atoms with Gasteiger partial charge in [0.1, 0.15) is 15.3 Å². The molecule has 20 heavy (non-hydrogen) atoms. The van der Waals surface area contributed by atoms with Crippen molar-refractivity contribution >= 4 is 28.2 Å². The van der Waals surface area contributed by atoms with E-state index in [9.17, 15) is 0 Å². The molecular formula is C17H22OSi2. The van der Waals surface area contributed by atoms with E-state index in [2.05, 4.69) is 76.0 Å². The van der Waals surface area contributed by atoms with E-state index < -0.39 is 8.32 Å². The van der Waals surface area contributed by atoms with Crippen LogP contribution in [0.2, 0.25) is 19.6 Å². The molecule has 0 aliphatic heterocycles. The molecule has 104 valence electrons. The highest BCUT2D eigenvalue weighted by atomic mass is 28.4. The first kappa shape index (κ1) is 15.1. The molecule has 0 amide bonds. The Kier molecular flexibility index (Phi) is 4.50. The SMILES string of the molecule is Cc1cccc([Si]c2cccc(O[Si](C)(C)C)c2)c1C. The zero-order valence-electron chi connectivity index (χ0n) is 12.9. The zero-order valence-corrected chi connectivity index (χ0v) is 14.9. The van der Waals surface area contributed by atoms with Gasteiger partial charge >= 0.3 is 0 Å². The van der Waals surface area contributed by atoms with Crippen LogP contribution >= 0.6 is 0 Å². The van der Waals surface area contributed by atoms with Gasteiger partial charge in [-0.15, -0.1) is 0 Å². The molecule has 1 nitrogen and oxygen atoms in total. The largest absolute Gasteiger partial charge is 0.544 e. The van der Waals surface area contributed by atoms with E-state index in [1.165, 1.54) is 21.5 Å². The maximum Gasteiger partial charge on any atom is 0.242 e. The van der Waals surface area contributed by atoms with Crippen LogP contribution in [0.25, 0.3) is 0 Å². The van der Waals surface area contributed by atoms with Gasteiger partial charge in [-0.05, 0) is 56.7 Å². The molecule has 0 fully saturated rings. The van der Waals surface area contributed by atoms with E-state index in [0.717, 1.165) is 5.75 Å². The lowest BCUT2D eigenvalue weighted by atomic mass is 10.1. The second-order valence-corrected chi connectivity index (χ2v) is 11.9. The summed E-state index contributed by atoms with van der Waals surface area (Å²) in [5, 5.41) is 2.77. The molecular weight excluding hydrogens is 276 g/mol. The number of aryl methyl sites for hydroxylation is 1. The lowest BCUT2D eigenvalue weighted by molar-refractivity contribution is 0.558. The van der Waals surface area contributed by atoms with Crippen LogP contribution < -0.4 is 14.8 Å². The lowest BCUT2D eigenvalue weighted by Crippen LogP contribution is -2.32. The van der Waals surface area contributed by atoms with Gasteiger partial charge < -0.3 is 4.43 Å². The highest BCUT2D eigenvalue weighted by Crippen LogP contribution is 2.13. The van der Waals surface area contributed by atoms with Crippen LogP contribution in [-0.4, -0.2) is 17.8 Å². The summed E-state index contributed by atoms with van der Waals surface area (Å²) in [7, 11) is -0.840. The van der Waals surface area contributed by atoms with Crippen molar-refractivity contribution in [1.82, 2.24) is 0 Å². The average Bonchev–Trinajstić information content (AvgIpc) is 2.33. The number of rotatable bonds is 4. The van der Waals surface area contributed by atoms with Crippen molar-refractivity contribution in [2.45, 2.75) is 33.5 Å². The van der Waals surface area contributed by atoms with E-state index in [1.54, 1.807) is 0 Å². The lowest BCUT2D eigenvalue weighted by Gasteiger charge is -2.19. The molecule has 0 spiro atoms. The summed E-state index contributed by atoms with van der Waals surface area (Å²) in [5.41, 5.74) is 2.77. The van der Waals surface area contributed by atoms with Crippen LogP contribution in [0.5, 0.6) is 5.75 Å². The van der Waals surface area contributed by atoms with Gasteiger partial charge in [-0.1, -0.05) is 40.7 Å². The Morgan fingerprint density at radius 1 is 0.950 bits per heavy atom. The molecule has 3 heteroatoms. The predicted octanol–water partition coefficient (Wildman–Crippen LogP) is 3.17. The summed E-state index contributed by atoms with van der Waals surface area (Å²) in [6, 6.07) is 15.1. The van der Waals surface area contributed by atoms with Gasteiger partial charge in [-0.25, -0.2) is 0 Å². The number of benzene rings is 2. The fourth-order valence-corrected chi connectivity index (χ4v) is 4.14. The van der Waals surface area contributed by atoms with Crippen molar-refractivity contribution in [3.05, 3.63) is 53.6 Å². The van der Waals surface area contributed by atoms with E-state index in [-0.39, 0.29) is 0 Å². The zero-order chi connectivity index (χ0) is 14.8. The monoisotopic (exact) mass is 298 g/mol. The summed E-state index contributed by atoms with van der Waals surface area (Å²) in [5.74, 6) is 1.01. The van der Waals surface area contributed by atoms with E-state index in [1.807, 2.05) is 0 Å². The van der Waals surface area contributed by atoms with E-state index in [4.69, 9.17) is 4.43 Å². The Balaban J connectivity index is 2.22. The molecule has 0 bridgehead atoms. The summed E-state index contributed by atoms with van der Waals surface area (Å²) in [4.78, 5) is 0. The minimum Gasteiger partial charge on any atom is -0.544 e. The number of hydrogen-bond acceptors (Lipinski definition) is 1. The van der Waals surface area contributed by atoms with E-state index in [0.29, 0.717) is 9.52 Å². The number of hydrogen-bond donors (Lipinski definition) is 0. The maximum absolute atomic E-state index is 6.08. The van der Waals surface area contributed by atoms with Gasteiger partial charge in [0.15, 0.2) is 0 Å². The smallest absolute Gasteiger partial charge is 0.242 e.